The number of Topliss-reactive ketones (excluding diaryl/α,β-unsaturated/α-hetero) is 1. The molecule has 2 aliphatic rings. The summed E-state index contributed by atoms with van der Waals surface area (Å²) in [6.45, 7) is 0. The third-order valence-electron chi connectivity index (χ3n) is 4.12. The van der Waals surface area contributed by atoms with Crippen LogP contribution in [0.4, 0.5) is 8.78 Å². The van der Waals surface area contributed by atoms with Crippen molar-refractivity contribution in [1.82, 2.24) is 14.8 Å². The van der Waals surface area contributed by atoms with Gasteiger partial charge in [-0.25, -0.2) is 18.4 Å². The van der Waals surface area contributed by atoms with Crippen LogP contribution < -0.4 is 0 Å². The Kier molecular flexibility index (Phi) is 2.67. The third kappa shape index (κ3) is 1.97. The maximum atomic E-state index is 14.1. The van der Waals surface area contributed by atoms with E-state index in [4.69, 9.17) is 0 Å². The van der Waals surface area contributed by atoms with Gasteiger partial charge in [-0.2, -0.15) is 0 Å². The Hall–Kier alpha value is -2.11. The molecule has 1 aromatic carbocycles. The fourth-order valence-electron chi connectivity index (χ4n) is 2.84. The molecule has 1 aromatic heterocycles. The quantitative estimate of drug-likeness (QED) is 0.816. The highest BCUT2D eigenvalue weighted by Crippen LogP contribution is 2.41. The average molecular weight is 289 g/mol. The van der Waals surface area contributed by atoms with Crippen molar-refractivity contribution in [3.05, 3.63) is 47.5 Å². The van der Waals surface area contributed by atoms with Gasteiger partial charge in [-0.1, -0.05) is 30.3 Å². The molecule has 0 spiro atoms. The lowest BCUT2D eigenvalue weighted by Crippen LogP contribution is -2.11. The normalized spacial score (nSPS) is 30.2. The van der Waals surface area contributed by atoms with Crippen molar-refractivity contribution in [2.45, 2.75) is 31.2 Å². The molecule has 2 unspecified atom stereocenters. The number of halogens is 2. The average Bonchev–Trinajstić information content (AvgIpc) is 2.95. The SMILES string of the molecule is O=C(c1nc2n(n1)C(c1ccccc1)CC2F)[C@@H]1C[C@@H]1F. The molecule has 6 heteroatoms. The molecular weight excluding hydrogens is 276 g/mol. The number of aromatic nitrogens is 3. The van der Waals surface area contributed by atoms with E-state index in [0.717, 1.165) is 5.56 Å². The number of carbonyl (C=O) groups excluding carboxylic acids is 1. The van der Waals surface area contributed by atoms with E-state index in [1.165, 1.54) is 4.68 Å². The van der Waals surface area contributed by atoms with Crippen LogP contribution in [0.3, 0.4) is 0 Å². The van der Waals surface area contributed by atoms with Crippen LogP contribution in [0.15, 0.2) is 30.3 Å². The van der Waals surface area contributed by atoms with Gasteiger partial charge in [0, 0.05) is 6.42 Å². The number of benzene rings is 1. The Labute approximate surface area is 119 Å². The van der Waals surface area contributed by atoms with Crippen molar-refractivity contribution in [3.8, 4) is 0 Å². The second-order valence-electron chi connectivity index (χ2n) is 5.59. The summed E-state index contributed by atoms with van der Waals surface area (Å²) < 4.78 is 28.6. The van der Waals surface area contributed by atoms with Gasteiger partial charge in [-0.15, -0.1) is 5.10 Å². The molecular formula is C15H13F2N3O. The minimum absolute atomic E-state index is 0.0570. The fraction of sp³-hybridized carbons (Fsp3) is 0.400. The molecule has 4 rings (SSSR count). The van der Waals surface area contributed by atoms with Crippen molar-refractivity contribution in [2.75, 3.05) is 0 Å². The highest BCUT2D eigenvalue weighted by molar-refractivity contribution is 5.96. The molecule has 1 aliphatic carbocycles. The molecule has 4 atom stereocenters. The number of hydrogen-bond acceptors (Lipinski definition) is 3. The van der Waals surface area contributed by atoms with Crippen molar-refractivity contribution in [3.63, 3.8) is 0 Å². The molecule has 1 fully saturated rings. The first kappa shape index (κ1) is 12.6. The zero-order chi connectivity index (χ0) is 14.6. The van der Waals surface area contributed by atoms with Gasteiger partial charge in [0.1, 0.15) is 6.17 Å². The number of fused-ring (bicyclic) bond motifs is 1. The van der Waals surface area contributed by atoms with Gasteiger partial charge in [0.05, 0.1) is 12.0 Å². The first-order chi connectivity index (χ1) is 10.1. The predicted octanol–water partition coefficient (Wildman–Crippen LogP) is 2.82. The smallest absolute Gasteiger partial charge is 0.218 e. The number of alkyl halides is 2. The summed E-state index contributed by atoms with van der Waals surface area (Å²) in [6.07, 6.45) is -1.85. The molecule has 4 nitrogen and oxygen atoms in total. The van der Waals surface area contributed by atoms with Gasteiger partial charge >= 0.3 is 0 Å². The maximum Gasteiger partial charge on any atom is 0.218 e. The molecule has 0 N–H and O–H groups in total. The Morgan fingerprint density at radius 1 is 1.19 bits per heavy atom. The summed E-state index contributed by atoms with van der Waals surface area (Å²) in [5.41, 5.74) is 0.928. The molecule has 0 radical (unpaired) electrons. The second-order valence-corrected chi connectivity index (χ2v) is 5.59. The molecule has 1 aliphatic heterocycles. The first-order valence-corrected chi connectivity index (χ1v) is 6.99. The summed E-state index contributed by atoms with van der Waals surface area (Å²) in [5, 5.41) is 4.14. The lowest BCUT2D eigenvalue weighted by atomic mass is 10.0. The summed E-state index contributed by atoms with van der Waals surface area (Å²) in [6, 6.07) is 9.17. The molecule has 0 saturated heterocycles. The van der Waals surface area contributed by atoms with Crippen molar-refractivity contribution < 1.29 is 13.6 Å². The van der Waals surface area contributed by atoms with Crippen LogP contribution in [-0.4, -0.2) is 26.7 Å². The van der Waals surface area contributed by atoms with Gasteiger partial charge in [0.25, 0.3) is 0 Å². The molecule has 108 valence electrons. The molecule has 2 heterocycles. The molecule has 2 aromatic rings. The fourth-order valence-corrected chi connectivity index (χ4v) is 2.84. The summed E-state index contributed by atoms with van der Waals surface area (Å²) >= 11 is 0. The van der Waals surface area contributed by atoms with Gasteiger partial charge in [-0.3, -0.25) is 4.79 Å². The third-order valence-corrected chi connectivity index (χ3v) is 4.12. The van der Waals surface area contributed by atoms with Crippen LogP contribution in [0, 0.1) is 5.92 Å². The maximum absolute atomic E-state index is 14.1. The van der Waals surface area contributed by atoms with E-state index in [1.807, 2.05) is 30.3 Å². The largest absolute Gasteiger partial charge is 0.290 e. The highest BCUT2D eigenvalue weighted by Gasteiger charge is 2.46. The molecule has 0 amide bonds. The van der Waals surface area contributed by atoms with E-state index in [1.54, 1.807) is 0 Å². The monoisotopic (exact) mass is 289 g/mol. The first-order valence-electron chi connectivity index (χ1n) is 6.99. The summed E-state index contributed by atoms with van der Waals surface area (Å²) in [5.74, 6) is -0.938. The molecule has 21 heavy (non-hydrogen) atoms. The van der Waals surface area contributed by atoms with E-state index in [0.29, 0.717) is 0 Å². The minimum atomic E-state index is -1.25. The number of carbonyl (C=O) groups is 1. The highest BCUT2D eigenvalue weighted by atomic mass is 19.1. The van der Waals surface area contributed by atoms with Gasteiger partial charge < -0.3 is 0 Å². The summed E-state index contributed by atoms with van der Waals surface area (Å²) in [4.78, 5) is 16.0. The Bertz CT molecular complexity index is 700. The number of nitrogens with zero attached hydrogens (tertiary/aromatic N) is 3. The molecule has 0 bridgehead atoms. The lowest BCUT2D eigenvalue weighted by molar-refractivity contribution is 0.0946. The van der Waals surface area contributed by atoms with Crippen molar-refractivity contribution in [2.24, 2.45) is 5.92 Å². The van der Waals surface area contributed by atoms with E-state index < -0.39 is 24.0 Å². The number of hydrogen-bond donors (Lipinski definition) is 0. The zero-order valence-corrected chi connectivity index (χ0v) is 11.1. The Morgan fingerprint density at radius 3 is 2.57 bits per heavy atom. The lowest BCUT2D eigenvalue weighted by Gasteiger charge is -2.11. The van der Waals surface area contributed by atoms with Crippen molar-refractivity contribution >= 4 is 5.78 Å². The van der Waals surface area contributed by atoms with Crippen LogP contribution in [0.1, 0.15) is 47.1 Å². The van der Waals surface area contributed by atoms with Crippen LogP contribution in [0.2, 0.25) is 0 Å². The number of rotatable bonds is 3. The van der Waals surface area contributed by atoms with E-state index in [2.05, 4.69) is 10.1 Å². The zero-order valence-electron chi connectivity index (χ0n) is 11.1. The Morgan fingerprint density at radius 2 is 1.90 bits per heavy atom. The van der Waals surface area contributed by atoms with E-state index >= 15 is 0 Å². The van der Waals surface area contributed by atoms with Crippen LogP contribution in [0.25, 0.3) is 0 Å². The Balaban J connectivity index is 1.69. The van der Waals surface area contributed by atoms with Crippen LogP contribution in [0.5, 0.6) is 0 Å². The second kappa shape index (κ2) is 4.44. The summed E-state index contributed by atoms with van der Waals surface area (Å²) in [7, 11) is 0. The predicted molar refractivity (Wildman–Crippen MR) is 70.4 cm³/mol. The van der Waals surface area contributed by atoms with Crippen molar-refractivity contribution in [1.29, 1.82) is 0 Å². The van der Waals surface area contributed by atoms with Crippen LogP contribution in [-0.2, 0) is 0 Å². The van der Waals surface area contributed by atoms with Crippen LogP contribution >= 0.6 is 0 Å². The topological polar surface area (TPSA) is 47.8 Å². The standard InChI is InChI=1S/C15H13F2N3O/c16-10-6-9(10)13(21)14-18-15-11(17)7-12(20(15)19-14)8-4-2-1-3-5-8/h1-5,9-12H,6-7H2/t9-,10+,11?,12?/m1/s1. The van der Waals surface area contributed by atoms with Gasteiger partial charge in [-0.05, 0) is 12.0 Å². The number of ketones is 1. The van der Waals surface area contributed by atoms with Gasteiger partial charge in [0.15, 0.2) is 12.0 Å². The van der Waals surface area contributed by atoms with E-state index in [9.17, 15) is 13.6 Å². The minimum Gasteiger partial charge on any atom is -0.290 e. The van der Waals surface area contributed by atoms with Gasteiger partial charge in [0.2, 0.25) is 11.6 Å². The van der Waals surface area contributed by atoms with E-state index in [-0.39, 0.29) is 30.5 Å². The molecule has 1 saturated carbocycles.